The van der Waals surface area contributed by atoms with Crippen LogP contribution in [-0.4, -0.2) is 14.2 Å². The smallest absolute Gasteiger partial charge is 0.161 e. The lowest BCUT2D eigenvalue weighted by Crippen LogP contribution is -2.05. The SMILES string of the molecule is COc1ccc(C(C)ON)cc1OC. The Morgan fingerprint density at radius 2 is 1.79 bits per heavy atom. The molecular formula is C10H15NO3. The van der Waals surface area contributed by atoms with Crippen molar-refractivity contribution in [1.29, 1.82) is 0 Å². The fraction of sp³-hybridized carbons (Fsp3) is 0.400. The summed E-state index contributed by atoms with van der Waals surface area (Å²) in [4.78, 5) is 4.71. The summed E-state index contributed by atoms with van der Waals surface area (Å²) in [6.07, 6.45) is -0.158. The first-order valence-electron chi connectivity index (χ1n) is 4.30. The molecule has 4 heteroatoms. The van der Waals surface area contributed by atoms with Gasteiger partial charge in [0.2, 0.25) is 0 Å². The lowest BCUT2D eigenvalue weighted by atomic mass is 10.1. The van der Waals surface area contributed by atoms with Gasteiger partial charge < -0.3 is 9.47 Å². The van der Waals surface area contributed by atoms with E-state index in [2.05, 4.69) is 0 Å². The van der Waals surface area contributed by atoms with E-state index in [0.29, 0.717) is 11.5 Å². The highest BCUT2D eigenvalue weighted by atomic mass is 16.6. The van der Waals surface area contributed by atoms with E-state index in [4.69, 9.17) is 20.2 Å². The summed E-state index contributed by atoms with van der Waals surface area (Å²) < 4.78 is 10.3. The van der Waals surface area contributed by atoms with Gasteiger partial charge in [-0.1, -0.05) is 6.07 Å². The molecule has 0 saturated carbocycles. The third-order valence-corrected chi connectivity index (χ3v) is 2.08. The van der Waals surface area contributed by atoms with Crippen molar-refractivity contribution in [2.24, 2.45) is 5.90 Å². The number of ether oxygens (including phenoxy) is 2. The summed E-state index contributed by atoms with van der Waals surface area (Å²) >= 11 is 0. The number of benzene rings is 1. The van der Waals surface area contributed by atoms with Gasteiger partial charge in [-0.3, -0.25) is 4.84 Å². The van der Waals surface area contributed by atoms with Crippen LogP contribution in [0.3, 0.4) is 0 Å². The maximum absolute atomic E-state index is 5.15. The topological polar surface area (TPSA) is 53.7 Å². The molecule has 78 valence electrons. The molecule has 0 heterocycles. The molecule has 1 rings (SSSR count). The van der Waals surface area contributed by atoms with Crippen molar-refractivity contribution in [3.8, 4) is 11.5 Å². The van der Waals surface area contributed by atoms with Crippen LogP contribution in [0.2, 0.25) is 0 Å². The molecule has 1 aromatic rings. The highest BCUT2D eigenvalue weighted by Gasteiger charge is 2.09. The van der Waals surface area contributed by atoms with Gasteiger partial charge in [0, 0.05) is 0 Å². The molecule has 0 radical (unpaired) electrons. The number of methoxy groups -OCH3 is 2. The minimum Gasteiger partial charge on any atom is -0.493 e. The molecule has 0 bridgehead atoms. The fourth-order valence-corrected chi connectivity index (χ4v) is 1.18. The molecule has 0 amide bonds. The molecule has 0 aromatic heterocycles. The molecule has 2 N–H and O–H groups in total. The van der Waals surface area contributed by atoms with E-state index in [1.165, 1.54) is 0 Å². The largest absolute Gasteiger partial charge is 0.493 e. The van der Waals surface area contributed by atoms with Crippen LogP contribution in [0.25, 0.3) is 0 Å². The predicted molar refractivity (Wildman–Crippen MR) is 53.2 cm³/mol. The van der Waals surface area contributed by atoms with Crippen LogP contribution in [0.15, 0.2) is 18.2 Å². The quantitative estimate of drug-likeness (QED) is 0.746. The van der Waals surface area contributed by atoms with Crippen molar-refractivity contribution in [3.05, 3.63) is 23.8 Å². The van der Waals surface area contributed by atoms with E-state index in [1.807, 2.05) is 25.1 Å². The van der Waals surface area contributed by atoms with Crippen LogP contribution in [0.1, 0.15) is 18.6 Å². The van der Waals surface area contributed by atoms with Gasteiger partial charge >= 0.3 is 0 Å². The maximum Gasteiger partial charge on any atom is 0.161 e. The second kappa shape index (κ2) is 4.83. The molecule has 0 spiro atoms. The van der Waals surface area contributed by atoms with E-state index in [1.54, 1.807) is 14.2 Å². The Labute approximate surface area is 83.5 Å². The summed E-state index contributed by atoms with van der Waals surface area (Å²) in [6, 6.07) is 5.55. The third kappa shape index (κ3) is 2.16. The van der Waals surface area contributed by atoms with Gasteiger partial charge in [0.1, 0.15) is 6.10 Å². The van der Waals surface area contributed by atoms with E-state index >= 15 is 0 Å². The Kier molecular flexibility index (Phi) is 3.73. The lowest BCUT2D eigenvalue weighted by Gasteiger charge is -2.12. The Morgan fingerprint density at radius 1 is 1.14 bits per heavy atom. The van der Waals surface area contributed by atoms with Crippen LogP contribution >= 0.6 is 0 Å². The van der Waals surface area contributed by atoms with Crippen LogP contribution in [-0.2, 0) is 4.84 Å². The molecule has 0 saturated heterocycles. The minimum atomic E-state index is -0.158. The van der Waals surface area contributed by atoms with Gasteiger partial charge in [0.25, 0.3) is 0 Å². The first kappa shape index (κ1) is 10.8. The van der Waals surface area contributed by atoms with Crippen LogP contribution < -0.4 is 15.4 Å². The van der Waals surface area contributed by atoms with Gasteiger partial charge in [-0.2, -0.15) is 0 Å². The van der Waals surface area contributed by atoms with E-state index in [9.17, 15) is 0 Å². The predicted octanol–water partition coefficient (Wildman–Crippen LogP) is 1.66. The summed E-state index contributed by atoms with van der Waals surface area (Å²) in [7, 11) is 3.19. The average molecular weight is 197 g/mol. The number of hydrogen-bond donors (Lipinski definition) is 1. The molecule has 14 heavy (non-hydrogen) atoms. The van der Waals surface area contributed by atoms with Gasteiger partial charge in [0.05, 0.1) is 14.2 Å². The average Bonchev–Trinajstić information content (AvgIpc) is 2.26. The molecular weight excluding hydrogens is 182 g/mol. The molecule has 0 aliphatic rings. The standard InChI is InChI=1S/C10H15NO3/c1-7(14-11)8-4-5-9(12-2)10(6-8)13-3/h4-7H,11H2,1-3H3. The van der Waals surface area contributed by atoms with Gasteiger partial charge in [-0.05, 0) is 24.6 Å². The fourth-order valence-electron chi connectivity index (χ4n) is 1.18. The highest BCUT2D eigenvalue weighted by Crippen LogP contribution is 2.30. The van der Waals surface area contributed by atoms with Crippen LogP contribution in [0.5, 0.6) is 11.5 Å². The molecule has 0 fully saturated rings. The first-order chi connectivity index (χ1) is 6.72. The second-order valence-electron chi connectivity index (χ2n) is 2.89. The first-order valence-corrected chi connectivity index (χ1v) is 4.30. The van der Waals surface area contributed by atoms with Gasteiger partial charge in [-0.25, -0.2) is 5.90 Å². The zero-order valence-electron chi connectivity index (χ0n) is 8.61. The number of rotatable bonds is 4. The second-order valence-corrected chi connectivity index (χ2v) is 2.89. The Balaban J connectivity index is 3.01. The molecule has 1 unspecified atom stereocenters. The van der Waals surface area contributed by atoms with E-state index in [0.717, 1.165) is 5.56 Å². The van der Waals surface area contributed by atoms with Gasteiger partial charge in [-0.15, -0.1) is 0 Å². The van der Waals surface area contributed by atoms with Crippen molar-refractivity contribution in [2.75, 3.05) is 14.2 Å². The maximum atomic E-state index is 5.15. The Bertz CT molecular complexity index is 301. The Hall–Kier alpha value is -1.26. The summed E-state index contributed by atoms with van der Waals surface area (Å²) in [5.74, 6) is 6.46. The van der Waals surface area contributed by atoms with Crippen molar-refractivity contribution in [3.63, 3.8) is 0 Å². The molecule has 1 aromatic carbocycles. The number of nitrogens with two attached hydrogens (primary N) is 1. The third-order valence-electron chi connectivity index (χ3n) is 2.08. The molecule has 1 atom stereocenters. The number of hydrogen-bond acceptors (Lipinski definition) is 4. The zero-order chi connectivity index (χ0) is 10.6. The summed E-state index contributed by atoms with van der Waals surface area (Å²) in [5, 5.41) is 0. The van der Waals surface area contributed by atoms with E-state index in [-0.39, 0.29) is 6.10 Å². The monoisotopic (exact) mass is 197 g/mol. The van der Waals surface area contributed by atoms with Crippen molar-refractivity contribution < 1.29 is 14.3 Å². The minimum absolute atomic E-state index is 0.158. The lowest BCUT2D eigenvalue weighted by molar-refractivity contribution is 0.0662. The van der Waals surface area contributed by atoms with Crippen molar-refractivity contribution in [1.82, 2.24) is 0 Å². The normalized spacial score (nSPS) is 12.3. The zero-order valence-corrected chi connectivity index (χ0v) is 8.61. The van der Waals surface area contributed by atoms with E-state index < -0.39 is 0 Å². The Morgan fingerprint density at radius 3 is 2.29 bits per heavy atom. The summed E-state index contributed by atoms with van der Waals surface area (Å²) in [6.45, 7) is 1.86. The van der Waals surface area contributed by atoms with Crippen LogP contribution in [0, 0.1) is 0 Å². The molecule has 0 aliphatic carbocycles. The van der Waals surface area contributed by atoms with Crippen LogP contribution in [0.4, 0.5) is 0 Å². The molecule has 0 aliphatic heterocycles. The van der Waals surface area contributed by atoms with Crippen molar-refractivity contribution >= 4 is 0 Å². The molecule has 4 nitrogen and oxygen atoms in total. The highest BCUT2D eigenvalue weighted by molar-refractivity contribution is 5.43. The van der Waals surface area contributed by atoms with Crippen molar-refractivity contribution in [2.45, 2.75) is 13.0 Å². The van der Waals surface area contributed by atoms with Gasteiger partial charge in [0.15, 0.2) is 11.5 Å². The summed E-state index contributed by atoms with van der Waals surface area (Å²) in [5.41, 5.74) is 0.949.